The van der Waals surface area contributed by atoms with Gasteiger partial charge in [0, 0.05) is 10.9 Å². The molecule has 0 amide bonds. The summed E-state index contributed by atoms with van der Waals surface area (Å²) in [5.41, 5.74) is 2.45. The first-order valence-electron chi connectivity index (χ1n) is 3.90. The van der Waals surface area contributed by atoms with Gasteiger partial charge in [-0.2, -0.15) is 0 Å². The van der Waals surface area contributed by atoms with Gasteiger partial charge in [0.15, 0.2) is 0 Å². The largest absolute Gasteiger partial charge is 0.347 e. The molecule has 0 radical (unpaired) electrons. The van der Waals surface area contributed by atoms with E-state index in [0.29, 0.717) is 5.69 Å². The van der Waals surface area contributed by atoms with Crippen molar-refractivity contribution < 1.29 is 0 Å². The second kappa shape index (κ2) is 2.73. The number of benzene rings is 1. The molecule has 0 fully saturated rings. The number of aromatic amines is 1. The Balaban J connectivity index is 2.93. The van der Waals surface area contributed by atoms with Crippen LogP contribution in [0.1, 0.15) is 11.3 Å². The van der Waals surface area contributed by atoms with Gasteiger partial charge in [0.1, 0.15) is 5.69 Å². The van der Waals surface area contributed by atoms with E-state index in [9.17, 15) is 0 Å². The van der Waals surface area contributed by atoms with E-state index in [1.54, 1.807) is 0 Å². The minimum atomic E-state index is 0.684. The second-order valence-corrected chi connectivity index (χ2v) is 2.71. The fourth-order valence-electron chi connectivity index (χ4n) is 1.40. The third-order valence-corrected chi connectivity index (χ3v) is 1.99. The SMILES string of the molecule is C#Cc1[nH]c2ccccc2c1C#C. The third kappa shape index (κ3) is 0.991. The van der Waals surface area contributed by atoms with Gasteiger partial charge in [-0.25, -0.2) is 0 Å². The average molecular weight is 165 g/mol. The Hall–Kier alpha value is -2.12. The Morgan fingerprint density at radius 3 is 2.54 bits per heavy atom. The lowest BCUT2D eigenvalue weighted by Gasteiger charge is -1.87. The molecule has 0 aliphatic heterocycles. The first kappa shape index (κ1) is 7.53. The maximum absolute atomic E-state index is 5.37. The van der Waals surface area contributed by atoms with Gasteiger partial charge in [-0.3, -0.25) is 0 Å². The van der Waals surface area contributed by atoms with Crippen LogP contribution in [0.15, 0.2) is 24.3 Å². The van der Waals surface area contributed by atoms with E-state index in [-0.39, 0.29) is 0 Å². The van der Waals surface area contributed by atoms with Crippen LogP contribution in [0.2, 0.25) is 0 Å². The predicted molar refractivity (Wildman–Crippen MR) is 54.2 cm³/mol. The van der Waals surface area contributed by atoms with Gasteiger partial charge >= 0.3 is 0 Å². The van der Waals surface area contributed by atoms with Gasteiger partial charge in [-0.15, -0.1) is 12.8 Å². The molecule has 13 heavy (non-hydrogen) atoms. The van der Waals surface area contributed by atoms with E-state index in [1.807, 2.05) is 24.3 Å². The van der Waals surface area contributed by atoms with Crippen molar-refractivity contribution in [3.05, 3.63) is 35.5 Å². The number of hydrogen-bond donors (Lipinski definition) is 1. The number of para-hydroxylation sites is 1. The summed E-state index contributed by atoms with van der Waals surface area (Å²) in [5.74, 6) is 5.13. The summed E-state index contributed by atoms with van der Waals surface area (Å²) in [5, 5.41) is 1.01. The van der Waals surface area contributed by atoms with Crippen LogP contribution < -0.4 is 0 Å². The maximum atomic E-state index is 5.37. The summed E-state index contributed by atoms with van der Waals surface area (Å²) in [7, 11) is 0. The molecule has 1 heteroatoms. The van der Waals surface area contributed by atoms with Crippen molar-refractivity contribution in [2.75, 3.05) is 0 Å². The van der Waals surface area contributed by atoms with Gasteiger partial charge in [-0.05, 0) is 6.07 Å². The molecule has 2 rings (SSSR count). The van der Waals surface area contributed by atoms with E-state index in [2.05, 4.69) is 16.8 Å². The van der Waals surface area contributed by atoms with Crippen LogP contribution in [0, 0.1) is 24.7 Å². The van der Waals surface area contributed by atoms with Crippen molar-refractivity contribution in [3.8, 4) is 24.7 Å². The van der Waals surface area contributed by atoms with Crippen LogP contribution in [-0.4, -0.2) is 4.98 Å². The molecule has 0 saturated carbocycles. The van der Waals surface area contributed by atoms with E-state index >= 15 is 0 Å². The third-order valence-electron chi connectivity index (χ3n) is 1.99. The van der Waals surface area contributed by atoms with E-state index in [4.69, 9.17) is 12.8 Å². The zero-order chi connectivity index (χ0) is 9.26. The van der Waals surface area contributed by atoms with Gasteiger partial charge in [0.2, 0.25) is 0 Å². The molecule has 1 aromatic carbocycles. The van der Waals surface area contributed by atoms with Crippen molar-refractivity contribution in [3.63, 3.8) is 0 Å². The summed E-state index contributed by atoms with van der Waals surface area (Å²) in [6.07, 6.45) is 10.7. The monoisotopic (exact) mass is 165 g/mol. The summed E-state index contributed by atoms with van der Waals surface area (Å²) in [6, 6.07) is 7.80. The van der Waals surface area contributed by atoms with Crippen LogP contribution in [-0.2, 0) is 0 Å². The number of fused-ring (bicyclic) bond motifs is 1. The Bertz CT molecular complexity index is 532. The molecule has 1 heterocycles. The maximum Gasteiger partial charge on any atom is 0.106 e. The first-order valence-corrected chi connectivity index (χ1v) is 3.90. The highest BCUT2D eigenvalue weighted by atomic mass is 14.7. The molecular weight excluding hydrogens is 158 g/mol. The number of H-pyrrole nitrogens is 1. The lowest BCUT2D eigenvalue weighted by molar-refractivity contribution is 1.41. The Morgan fingerprint density at radius 1 is 1.08 bits per heavy atom. The van der Waals surface area contributed by atoms with Crippen LogP contribution >= 0.6 is 0 Å². The zero-order valence-corrected chi connectivity index (χ0v) is 6.96. The minimum Gasteiger partial charge on any atom is -0.347 e. The van der Waals surface area contributed by atoms with Gasteiger partial charge < -0.3 is 4.98 Å². The lowest BCUT2D eigenvalue weighted by atomic mass is 10.1. The molecule has 1 nitrogen and oxygen atoms in total. The Kier molecular flexibility index (Phi) is 1.58. The van der Waals surface area contributed by atoms with Crippen molar-refractivity contribution in [2.24, 2.45) is 0 Å². The highest BCUT2D eigenvalue weighted by molar-refractivity contribution is 5.88. The van der Waals surface area contributed by atoms with E-state index in [1.165, 1.54) is 0 Å². The molecule has 0 aliphatic carbocycles. The van der Waals surface area contributed by atoms with Crippen molar-refractivity contribution in [2.45, 2.75) is 0 Å². The highest BCUT2D eigenvalue weighted by Gasteiger charge is 2.05. The molecule has 2 aromatic rings. The average Bonchev–Trinajstić information content (AvgIpc) is 2.55. The molecule has 0 saturated heterocycles. The van der Waals surface area contributed by atoms with Crippen molar-refractivity contribution >= 4 is 10.9 Å². The molecule has 0 atom stereocenters. The van der Waals surface area contributed by atoms with Crippen LogP contribution in [0.3, 0.4) is 0 Å². The molecule has 0 spiro atoms. The molecule has 1 aromatic heterocycles. The van der Waals surface area contributed by atoms with Crippen LogP contribution in [0.5, 0.6) is 0 Å². The Labute approximate surface area is 76.8 Å². The van der Waals surface area contributed by atoms with Crippen LogP contribution in [0.4, 0.5) is 0 Å². The molecule has 1 N–H and O–H groups in total. The Morgan fingerprint density at radius 2 is 1.85 bits per heavy atom. The van der Waals surface area contributed by atoms with Crippen LogP contribution in [0.25, 0.3) is 10.9 Å². The van der Waals surface area contributed by atoms with E-state index < -0.39 is 0 Å². The summed E-state index contributed by atoms with van der Waals surface area (Å²) in [4.78, 5) is 3.09. The summed E-state index contributed by atoms with van der Waals surface area (Å²) < 4.78 is 0. The van der Waals surface area contributed by atoms with Crippen molar-refractivity contribution in [1.29, 1.82) is 0 Å². The minimum absolute atomic E-state index is 0.684. The smallest absolute Gasteiger partial charge is 0.106 e. The zero-order valence-electron chi connectivity index (χ0n) is 6.96. The number of nitrogens with one attached hydrogen (secondary N) is 1. The molecule has 60 valence electrons. The fourth-order valence-corrected chi connectivity index (χ4v) is 1.40. The molecular formula is C12H7N. The second-order valence-electron chi connectivity index (χ2n) is 2.71. The van der Waals surface area contributed by atoms with E-state index in [0.717, 1.165) is 16.5 Å². The number of hydrogen-bond acceptors (Lipinski definition) is 0. The predicted octanol–water partition coefficient (Wildman–Crippen LogP) is 2.13. The van der Waals surface area contributed by atoms with Gasteiger partial charge in [-0.1, -0.05) is 30.0 Å². The number of aromatic nitrogens is 1. The lowest BCUT2D eigenvalue weighted by Crippen LogP contribution is -1.76. The fraction of sp³-hybridized carbons (Fsp3) is 0. The van der Waals surface area contributed by atoms with Crippen molar-refractivity contribution in [1.82, 2.24) is 4.98 Å². The topological polar surface area (TPSA) is 15.8 Å². The summed E-state index contributed by atoms with van der Waals surface area (Å²) in [6.45, 7) is 0. The first-order chi connectivity index (χ1) is 6.36. The molecule has 0 unspecified atom stereocenters. The number of rotatable bonds is 0. The normalized spacial score (nSPS) is 9.38. The van der Waals surface area contributed by atoms with Gasteiger partial charge in [0.25, 0.3) is 0 Å². The number of terminal acetylenes is 2. The standard InChI is InChI=1S/C12H7N/c1-3-9-10-7-5-6-8-12(10)13-11(9)4-2/h1-2,5-8,13H. The molecule has 0 bridgehead atoms. The van der Waals surface area contributed by atoms with Gasteiger partial charge in [0.05, 0.1) is 5.56 Å². The summed E-state index contributed by atoms with van der Waals surface area (Å²) >= 11 is 0. The highest BCUT2D eigenvalue weighted by Crippen LogP contribution is 2.20. The molecule has 0 aliphatic rings. The quantitative estimate of drug-likeness (QED) is 0.575.